The van der Waals surface area contributed by atoms with Crippen molar-refractivity contribution in [3.63, 3.8) is 0 Å². The number of nitrogens with zero attached hydrogens (tertiary/aromatic N) is 2. The molecule has 0 saturated carbocycles. The molecule has 390 valence electrons. The van der Waals surface area contributed by atoms with Crippen LogP contribution in [0.5, 0.6) is 0 Å². The molecule has 14 aromatic carbocycles. The maximum atomic E-state index is 2.55. The fraction of sp³-hybridized carbons (Fsp3) is 0.0500. The molecule has 0 atom stereocenters. The Morgan fingerprint density at radius 1 is 0.265 bits per heavy atom. The minimum absolute atomic E-state index is 0.125. The second kappa shape index (κ2) is 19.5. The predicted octanol–water partition coefficient (Wildman–Crippen LogP) is 20.8. The van der Waals surface area contributed by atoms with Gasteiger partial charge in [-0.05, 0) is 36.4 Å². The minimum Gasteiger partial charge on any atom is -0.0602 e. The third-order valence-corrected chi connectivity index (χ3v) is 20.4. The van der Waals surface area contributed by atoms with Crippen molar-refractivity contribution in [2.75, 3.05) is 0 Å². The SMILES string of the molecule is c1ccc(-n2c3ccccc3c3cccc(CCc4c5ccccc5c(-c5ccc6c(c5)[se]c5cccc(-c7c8ccccc8c(CCc8cccc9c%10ccccc%10n(-c%10ccccc%10)c89)c8ccccc78)c56)c5ccccc45)c32)cc1. The van der Waals surface area contributed by atoms with E-state index >= 15 is 0 Å². The molecule has 0 radical (unpaired) electrons. The zero-order valence-electron chi connectivity index (χ0n) is 45.7. The van der Waals surface area contributed by atoms with E-state index in [-0.39, 0.29) is 14.5 Å². The molecule has 17 rings (SSSR count). The van der Waals surface area contributed by atoms with Crippen molar-refractivity contribution in [1.82, 2.24) is 9.13 Å². The van der Waals surface area contributed by atoms with E-state index in [1.54, 1.807) is 0 Å². The topological polar surface area (TPSA) is 9.86 Å². The molecule has 0 saturated heterocycles. The molecule has 0 aliphatic rings. The molecular formula is C80H54N2Se. The van der Waals surface area contributed by atoms with Gasteiger partial charge in [0.15, 0.2) is 0 Å². The van der Waals surface area contributed by atoms with Crippen molar-refractivity contribution in [2.24, 2.45) is 0 Å². The first kappa shape index (κ1) is 48.0. The second-order valence-electron chi connectivity index (χ2n) is 22.4. The average Bonchev–Trinajstić information content (AvgIpc) is 3.45. The standard InChI is InChI=1S/C80H54N2Se/c1-3-24-54(25-4-1)81-72-41-17-15-32-62(72)68-38-19-22-51(79(68)81)44-47-60-56-28-7-11-34-64(56)76(65-35-12-8-29-57(60)65)53-46-49-70-75(50-53)83-74-43-21-40-71(78(70)74)77-66-36-13-9-30-58(66)61(59-31-10-14-37-67(59)77)48-45-52-23-20-39-69-63-33-16-18-42-73(63)82(80(52)69)55-26-5-2-6-27-55/h1-43,46,49-50H,44-45,47-48H2. The zero-order chi connectivity index (χ0) is 54.5. The monoisotopic (exact) mass is 1120 g/mol. The van der Waals surface area contributed by atoms with Gasteiger partial charge in [-0.1, -0.05) is 84.9 Å². The van der Waals surface area contributed by atoms with E-state index in [0.717, 1.165) is 25.7 Å². The van der Waals surface area contributed by atoms with Gasteiger partial charge in [0.05, 0.1) is 11.0 Å². The molecule has 83 heavy (non-hydrogen) atoms. The van der Waals surface area contributed by atoms with Gasteiger partial charge in [-0.3, -0.25) is 0 Å². The number of fused-ring (bicyclic) bond motifs is 13. The van der Waals surface area contributed by atoms with Crippen LogP contribution in [0.1, 0.15) is 22.3 Å². The summed E-state index contributed by atoms with van der Waals surface area (Å²) in [4.78, 5) is 0. The largest absolute Gasteiger partial charge is 0.0602 e. The number of hydrogen-bond acceptors (Lipinski definition) is 0. The molecule has 2 nitrogen and oxygen atoms in total. The summed E-state index contributed by atoms with van der Waals surface area (Å²) in [6, 6.07) is 105. The van der Waals surface area contributed by atoms with Crippen LogP contribution in [0, 0.1) is 0 Å². The molecule has 3 aromatic heterocycles. The molecular weight excluding hydrogens is 1070 g/mol. The quantitative estimate of drug-likeness (QED) is 0.0954. The van der Waals surface area contributed by atoms with Crippen LogP contribution in [-0.4, -0.2) is 23.6 Å². The molecule has 0 unspecified atom stereocenters. The van der Waals surface area contributed by atoms with E-state index in [1.807, 2.05) is 0 Å². The zero-order valence-corrected chi connectivity index (χ0v) is 47.4. The number of hydrogen-bond donors (Lipinski definition) is 0. The summed E-state index contributed by atoms with van der Waals surface area (Å²) in [7, 11) is 0. The maximum Gasteiger partial charge on any atom is -0.0380 e. The van der Waals surface area contributed by atoms with Gasteiger partial charge in [0.1, 0.15) is 0 Å². The normalized spacial score (nSPS) is 12.0. The number of benzene rings is 14. The Morgan fingerprint density at radius 3 is 1.14 bits per heavy atom. The van der Waals surface area contributed by atoms with Gasteiger partial charge in [0.2, 0.25) is 0 Å². The summed E-state index contributed by atoms with van der Waals surface area (Å²) in [5.41, 5.74) is 18.3. The maximum absolute atomic E-state index is 2.55. The van der Waals surface area contributed by atoms with Gasteiger partial charge in [-0.15, -0.1) is 0 Å². The van der Waals surface area contributed by atoms with Crippen LogP contribution in [0.15, 0.2) is 279 Å². The van der Waals surface area contributed by atoms with Gasteiger partial charge < -0.3 is 0 Å². The smallest absolute Gasteiger partial charge is 0.0380 e. The molecule has 0 spiro atoms. The van der Waals surface area contributed by atoms with Crippen LogP contribution in [0.2, 0.25) is 0 Å². The Labute approximate surface area is 487 Å². The molecule has 17 aromatic rings. The minimum atomic E-state index is 0.125. The Bertz CT molecular complexity index is 5330. The molecule has 0 aliphatic heterocycles. The van der Waals surface area contributed by atoms with E-state index < -0.39 is 0 Å². The number of aromatic nitrogens is 2. The Kier molecular flexibility index (Phi) is 11.3. The van der Waals surface area contributed by atoms with E-state index in [2.05, 4.69) is 288 Å². The Hall–Kier alpha value is -9.76. The van der Waals surface area contributed by atoms with Crippen LogP contribution in [0.25, 0.3) is 140 Å². The molecule has 3 heteroatoms. The first-order valence-electron chi connectivity index (χ1n) is 29.2. The average molecular weight is 1120 g/mol. The first-order chi connectivity index (χ1) is 41.2. The summed E-state index contributed by atoms with van der Waals surface area (Å²) < 4.78 is 7.86. The Balaban J connectivity index is 0.775. The fourth-order valence-corrected chi connectivity index (χ4v) is 17.0. The number of rotatable bonds is 10. The van der Waals surface area contributed by atoms with Gasteiger partial charge in [0.25, 0.3) is 0 Å². The van der Waals surface area contributed by atoms with Gasteiger partial charge >= 0.3 is 336 Å². The van der Waals surface area contributed by atoms with Crippen LogP contribution in [0.3, 0.4) is 0 Å². The van der Waals surface area contributed by atoms with Crippen molar-refractivity contribution in [1.29, 1.82) is 0 Å². The van der Waals surface area contributed by atoms with Crippen LogP contribution >= 0.6 is 0 Å². The van der Waals surface area contributed by atoms with Crippen LogP contribution in [-0.2, 0) is 25.7 Å². The third kappa shape index (κ3) is 7.55. The number of para-hydroxylation sites is 6. The van der Waals surface area contributed by atoms with Crippen LogP contribution < -0.4 is 0 Å². The summed E-state index contributed by atoms with van der Waals surface area (Å²) in [6.07, 6.45) is 3.67. The van der Waals surface area contributed by atoms with E-state index in [1.165, 1.54) is 162 Å². The molecule has 0 aliphatic carbocycles. The van der Waals surface area contributed by atoms with Crippen molar-refractivity contribution in [2.45, 2.75) is 25.7 Å². The van der Waals surface area contributed by atoms with Gasteiger partial charge in [-0.25, -0.2) is 0 Å². The molecule has 0 amide bonds. The third-order valence-electron chi connectivity index (χ3n) is 18.0. The van der Waals surface area contributed by atoms with Crippen molar-refractivity contribution >= 4 is 120 Å². The van der Waals surface area contributed by atoms with E-state index in [9.17, 15) is 0 Å². The van der Waals surface area contributed by atoms with E-state index in [4.69, 9.17) is 0 Å². The summed E-state index contributed by atoms with van der Waals surface area (Å²) in [5, 5.41) is 18.6. The molecule has 0 fully saturated rings. The fourth-order valence-electron chi connectivity index (χ4n) is 14.6. The number of aryl methyl sites for hydroxylation is 4. The van der Waals surface area contributed by atoms with Crippen molar-refractivity contribution in [3.05, 3.63) is 301 Å². The van der Waals surface area contributed by atoms with Crippen molar-refractivity contribution in [3.8, 4) is 33.6 Å². The molecule has 0 N–H and O–H groups in total. The summed E-state index contributed by atoms with van der Waals surface area (Å²) in [6.45, 7) is 0. The molecule has 3 heterocycles. The first-order valence-corrected chi connectivity index (χ1v) is 30.9. The summed E-state index contributed by atoms with van der Waals surface area (Å²) >= 11 is 0.125. The second-order valence-corrected chi connectivity index (χ2v) is 24.7. The van der Waals surface area contributed by atoms with E-state index in [0.29, 0.717) is 0 Å². The predicted molar refractivity (Wildman–Crippen MR) is 356 cm³/mol. The Morgan fingerprint density at radius 2 is 0.663 bits per heavy atom. The van der Waals surface area contributed by atoms with Crippen molar-refractivity contribution < 1.29 is 0 Å². The van der Waals surface area contributed by atoms with Gasteiger partial charge in [0, 0.05) is 22.1 Å². The summed E-state index contributed by atoms with van der Waals surface area (Å²) in [5.74, 6) is 0. The van der Waals surface area contributed by atoms with Gasteiger partial charge in [-0.2, -0.15) is 0 Å². The molecule has 0 bridgehead atoms. The van der Waals surface area contributed by atoms with Crippen LogP contribution in [0.4, 0.5) is 0 Å².